The first-order chi connectivity index (χ1) is 9.63. The van der Waals surface area contributed by atoms with Gasteiger partial charge in [-0.05, 0) is 49.4 Å². The van der Waals surface area contributed by atoms with Gasteiger partial charge < -0.3 is 11.1 Å². The van der Waals surface area contributed by atoms with Crippen molar-refractivity contribution < 1.29 is 0 Å². The third-order valence-electron chi connectivity index (χ3n) is 3.19. The fraction of sp³-hybridized carbons (Fsp3) is 0.0625. The molecular weight excluding hydrogens is 270 g/mol. The van der Waals surface area contributed by atoms with Gasteiger partial charge >= 0.3 is 0 Å². The van der Waals surface area contributed by atoms with Crippen LogP contribution in [-0.4, -0.2) is 4.98 Å². The number of hydrogen-bond donors (Lipinski definition) is 2. The molecule has 0 aliphatic rings. The van der Waals surface area contributed by atoms with Crippen LogP contribution in [0.3, 0.4) is 0 Å². The Morgan fingerprint density at radius 3 is 2.55 bits per heavy atom. The number of nitrogen functional groups attached to an aromatic ring is 1. The minimum Gasteiger partial charge on any atom is -0.398 e. The lowest BCUT2D eigenvalue weighted by molar-refractivity contribution is 1.22. The zero-order valence-corrected chi connectivity index (χ0v) is 11.8. The number of nitrogens with two attached hydrogens (primary N) is 1. The van der Waals surface area contributed by atoms with Crippen molar-refractivity contribution in [1.82, 2.24) is 4.98 Å². The fourth-order valence-electron chi connectivity index (χ4n) is 2.16. The number of anilines is 3. The van der Waals surface area contributed by atoms with Crippen molar-refractivity contribution in [2.45, 2.75) is 6.92 Å². The zero-order chi connectivity index (χ0) is 14.1. The second-order valence-electron chi connectivity index (χ2n) is 4.71. The van der Waals surface area contributed by atoms with Crippen LogP contribution in [0, 0.1) is 6.92 Å². The van der Waals surface area contributed by atoms with E-state index in [-0.39, 0.29) is 0 Å². The van der Waals surface area contributed by atoms with Gasteiger partial charge in [0, 0.05) is 44.7 Å². The minimum absolute atomic E-state index is 0.720. The van der Waals surface area contributed by atoms with E-state index < -0.39 is 0 Å². The van der Waals surface area contributed by atoms with Crippen molar-refractivity contribution in [3.05, 3.63) is 59.4 Å². The van der Waals surface area contributed by atoms with E-state index in [9.17, 15) is 0 Å². The highest BCUT2D eigenvalue weighted by molar-refractivity contribution is 6.30. The van der Waals surface area contributed by atoms with Crippen LogP contribution in [0.5, 0.6) is 0 Å². The Morgan fingerprint density at radius 2 is 1.80 bits per heavy atom. The van der Waals surface area contributed by atoms with Crippen molar-refractivity contribution in [2.24, 2.45) is 0 Å². The van der Waals surface area contributed by atoms with Gasteiger partial charge in [0.2, 0.25) is 0 Å². The summed E-state index contributed by atoms with van der Waals surface area (Å²) in [6, 6.07) is 13.5. The molecule has 0 bridgehead atoms. The lowest BCUT2D eigenvalue weighted by atomic mass is 10.1. The monoisotopic (exact) mass is 283 g/mol. The summed E-state index contributed by atoms with van der Waals surface area (Å²) >= 11 is 5.90. The Morgan fingerprint density at radius 1 is 1.05 bits per heavy atom. The van der Waals surface area contributed by atoms with Gasteiger partial charge in [0.25, 0.3) is 0 Å². The van der Waals surface area contributed by atoms with E-state index in [1.54, 1.807) is 0 Å². The van der Waals surface area contributed by atoms with Crippen molar-refractivity contribution in [3.63, 3.8) is 0 Å². The van der Waals surface area contributed by atoms with Gasteiger partial charge in [0.05, 0.1) is 0 Å². The average Bonchev–Trinajstić information content (AvgIpc) is 2.44. The number of halogens is 1. The van der Waals surface area contributed by atoms with E-state index in [4.69, 9.17) is 17.3 Å². The summed E-state index contributed by atoms with van der Waals surface area (Å²) in [5.41, 5.74) is 9.68. The SMILES string of the molecule is Cc1cc2c(Nc3ccc(Cl)cc3)ccc(N)c2cn1. The van der Waals surface area contributed by atoms with Crippen LogP contribution in [0.15, 0.2) is 48.7 Å². The summed E-state index contributed by atoms with van der Waals surface area (Å²) in [7, 11) is 0. The summed E-state index contributed by atoms with van der Waals surface area (Å²) in [5.74, 6) is 0. The molecule has 2 aromatic carbocycles. The smallest absolute Gasteiger partial charge is 0.0466 e. The summed E-state index contributed by atoms with van der Waals surface area (Å²) in [4.78, 5) is 4.30. The normalized spacial score (nSPS) is 10.7. The first-order valence-electron chi connectivity index (χ1n) is 6.31. The molecule has 20 heavy (non-hydrogen) atoms. The van der Waals surface area contributed by atoms with Crippen LogP contribution in [0.1, 0.15) is 5.69 Å². The molecule has 100 valence electrons. The molecular formula is C16H14ClN3. The number of fused-ring (bicyclic) bond motifs is 1. The average molecular weight is 284 g/mol. The highest BCUT2D eigenvalue weighted by Gasteiger charge is 2.05. The predicted octanol–water partition coefficient (Wildman–Crippen LogP) is 4.52. The van der Waals surface area contributed by atoms with Gasteiger partial charge in [0.1, 0.15) is 0 Å². The molecule has 0 spiro atoms. The maximum absolute atomic E-state index is 6.00. The lowest BCUT2D eigenvalue weighted by Gasteiger charge is -2.12. The van der Waals surface area contributed by atoms with E-state index in [1.165, 1.54) is 0 Å². The largest absolute Gasteiger partial charge is 0.398 e. The molecule has 0 aliphatic carbocycles. The van der Waals surface area contributed by atoms with Crippen LogP contribution >= 0.6 is 11.6 Å². The molecule has 0 unspecified atom stereocenters. The van der Waals surface area contributed by atoms with Crippen LogP contribution in [0.4, 0.5) is 17.1 Å². The number of aryl methyl sites for hydroxylation is 1. The summed E-state index contributed by atoms with van der Waals surface area (Å²) in [6.45, 7) is 1.97. The summed E-state index contributed by atoms with van der Waals surface area (Å²) < 4.78 is 0. The Kier molecular flexibility index (Phi) is 3.20. The molecule has 3 rings (SSSR count). The Labute approximate surface area is 122 Å². The predicted molar refractivity (Wildman–Crippen MR) is 85.6 cm³/mol. The molecule has 0 saturated heterocycles. The molecule has 0 atom stereocenters. The second-order valence-corrected chi connectivity index (χ2v) is 5.14. The zero-order valence-electron chi connectivity index (χ0n) is 11.0. The van der Waals surface area contributed by atoms with Crippen molar-refractivity contribution >= 4 is 39.4 Å². The third-order valence-corrected chi connectivity index (χ3v) is 3.45. The molecule has 0 fully saturated rings. The standard InChI is InChI=1S/C16H14ClN3/c1-10-8-13-14(9-19-10)15(18)6-7-16(13)20-12-4-2-11(17)3-5-12/h2-9,20H,18H2,1H3. The number of nitrogens with one attached hydrogen (secondary N) is 1. The summed E-state index contributed by atoms with van der Waals surface area (Å²) in [5, 5.41) is 6.12. The van der Waals surface area contributed by atoms with E-state index in [2.05, 4.69) is 10.3 Å². The number of pyridine rings is 1. The van der Waals surface area contributed by atoms with Crippen LogP contribution in [0.25, 0.3) is 10.8 Å². The topological polar surface area (TPSA) is 50.9 Å². The molecule has 0 aliphatic heterocycles. The number of rotatable bonds is 2. The van der Waals surface area contributed by atoms with Crippen LogP contribution < -0.4 is 11.1 Å². The quantitative estimate of drug-likeness (QED) is 0.680. The van der Waals surface area contributed by atoms with Crippen LogP contribution in [0.2, 0.25) is 5.02 Å². The maximum Gasteiger partial charge on any atom is 0.0466 e. The molecule has 3 nitrogen and oxygen atoms in total. The number of hydrogen-bond acceptors (Lipinski definition) is 3. The van der Waals surface area contributed by atoms with E-state index >= 15 is 0 Å². The van der Waals surface area contributed by atoms with Crippen molar-refractivity contribution in [2.75, 3.05) is 11.1 Å². The molecule has 3 N–H and O–H groups in total. The molecule has 1 heterocycles. The van der Waals surface area contributed by atoms with Gasteiger partial charge in [-0.1, -0.05) is 11.6 Å². The second kappa shape index (κ2) is 5.02. The van der Waals surface area contributed by atoms with Crippen molar-refractivity contribution in [1.29, 1.82) is 0 Å². The summed E-state index contributed by atoms with van der Waals surface area (Å²) in [6.07, 6.45) is 1.81. The van der Waals surface area contributed by atoms with Gasteiger partial charge in [-0.2, -0.15) is 0 Å². The minimum atomic E-state index is 0.720. The van der Waals surface area contributed by atoms with E-state index in [0.717, 1.165) is 38.6 Å². The molecule has 0 radical (unpaired) electrons. The number of aromatic nitrogens is 1. The van der Waals surface area contributed by atoms with Gasteiger partial charge in [-0.25, -0.2) is 0 Å². The molecule has 3 aromatic rings. The lowest BCUT2D eigenvalue weighted by Crippen LogP contribution is -1.95. The molecule has 0 amide bonds. The maximum atomic E-state index is 6.00. The Hall–Kier alpha value is -2.26. The fourth-order valence-corrected chi connectivity index (χ4v) is 2.29. The van der Waals surface area contributed by atoms with Gasteiger partial charge in [-0.15, -0.1) is 0 Å². The third kappa shape index (κ3) is 2.40. The van der Waals surface area contributed by atoms with E-state index in [0.29, 0.717) is 0 Å². The molecule has 0 saturated carbocycles. The van der Waals surface area contributed by atoms with Gasteiger partial charge in [-0.3, -0.25) is 4.98 Å². The van der Waals surface area contributed by atoms with Crippen molar-refractivity contribution in [3.8, 4) is 0 Å². The van der Waals surface area contributed by atoms with E-state index in [1.807, 2.05) is 55.6 Å². The Bertz CT molecular complexity index is 767. The highest BCUT2D eigenvalue weighted by atomic mass is 35.5. The first kappa shape index (κ1) is 12.8. The highest BCUT2D eigenvalue weighted by Crippen LogP contribution is 2.30. The van der Waals surface area contributed by atoms with Gasteiger partial charge in [0.15, 0.2) is 0 Å². The number of nitrogens with zero attached hydrogens (tertiary/aromatic N) is 1. The molecule has 1 aromatic heterocycles. The number of benzene rings is 2. The molecule has 4 heteroatoms. The first-order valence-corrected chi connectivity index (χ1v) is 6.69. The Balaban J connectivity index is 2.09. The van der Waals surface area contributed by atoms with Crippen LogP contribution in [-0.2, 0) is 0 Å².